The van der Waals surface area contributed by atoms with Crippen LogP contribution in [0, 0.1) is 0 Å². The molecule has 0 fully saturated rings. The molecule has 0 radical (unpaired) electrons. The van der Waals surface area contributed by atoms with E-state index < -0.39 is 0 Å². The predicted octanol–water partition coefficient (Wildman–Crippen LogP) is 5.61. The Hall–Kier alpha value is -3.25. The van der Waals surface area contributed by atoms with Crippen LogP contribution >= 0.6 is 11.3 Å². The Morgan fingerprint density at radius 1 is 1.03 bits per heavy atom. The van der Waals surface area contributed by atoms with E-state index in [4.69, 9.17) is 15.7 Å². The Balaban J connectivity index is 1.99. The minimum Gasteiger partial charge on any atom is -0.369 e. The van der Waals surface area contributed by atoms with Gasteiger partial charge in [0.15, 0.2) is 5.13 Å². The number of benzene rings is 2. The van der Waals surface area contributed by atoms with Crippen molar-refractivity contribution in [3.63, 3.8) is 0 Å². The third kappa shape index (κ3) is 4.12. The van der Waals surface area contributed by atoms with Crippen molar-refractivity contribution in [1.82, 2.24) is 9.97 Å². The zero-order valence-corrected chi connectivity index (χ0v) is 17.5. The van der Waals surface area contributed by atoms with Crippen molar-refractivity contribution < 1.29 is 0 Å². The van der Waals surface area contributed by atoms with Gasteiger partial charge in [-0.2, -0.15) is 0 Å². The third-order valence-electron chi connectivity index (χ3n) is 4.29. The maximum Gasteiger partial charge on any atom is 0.202 e. The first kappa shape index (κ1) is 19.1. The predicted molar refractivity (Wildman–Crippen MR) is 123 cm³/mol. The molecule has 6 heteroatoms. The van der Waals surface area contributed by atoms with Crippen LogP contribution in [0.25, 0.3) is 22.2 Å². The number of nitrogens with two attached hydrogens (primary N) is 1. The van der Waals surface area contributed by atoms with Crippen LogP contribution in [-0.4, -0.2) is 21.5 Å². The number of rotatable bonds is 3. The SMILES string of the molecule is CC(C)(C)N=C(N)N(c1nccs1)c1cc(-c2ccccc2)nc2ccccc12. The maximum atomic E-state index is 6.53. The number of hydrogen-bond acceptors (Lipinski definition) is 4. The number of guanidine groups is 1. The molecule has 0 saturated carbocycles. The van der Waals surface area contributed by atoms with Gasteiger partial charge in [-0.25, -0.2) is 15.0 Å². The van der Waals surface area contributed by atoms with Gasteiger partial charge < -0.3 is 5.73 Å². The minimum absolute atomic E-state index is 0.315. The van der Waals surface area contributed by atoms with Gasteiger partial charge >= 0.3 is 0 Å². The molecule has 2 aromatic heterocycles. The summed E-state index contributed by atoms with van der Waals surface area (Å²) in [5, 5.41) is 3.70. The first-order valence-electron chi connectivity index (χ1n) is 9.42. The summed E-state index contributed by atoms with van der Waals surface area (Å²) in [6.07, 6.45) is 1.78. The lowest BCUT2D eigenvalue weighted by Crippen LogP contribution is -2.36. The number of thiazole rings is 1. The van der Waals surface area contributed by atoms with Crippen LogP contribution in [0.1, 0.15) is 20.8 Å². The number of pyridine rings is 1. The molecule has 4 aromatic rings. The van der Waals surface area contributed by atoms with Crippen LogP contribution in [-0.2, 0) is 0 Å². The lowest BCUT2D eigenvalue weighted by Gasteiger charge is -2.25. The summed E-state index contributed by atoms with van der Waals surface area (Å²) in [7, 11) is 0. The number of hydrogen-bond donors (Lipinski definition) is 1. The molecule has 0 saturated heterocycles. The van der Waals surface area contributed by atoms with Crippen molar-refractivity contribution in [3.05, 3.63) is 72.2 Å². The monoisotopic (exact) mass is 401 g/mol. The fourth-order valence-electron chi connectivity index (χ4n) is 3.14. The Bertz CT molecular complexity index is 1150. The first-order chi connectivity index (χ1) is 13.9. The van der Waals surface area contributed by atoms with Crippen LogP contribution in [0.15, 0.2) is 77.2 Å². The summed E-state index contributed by atoms with van der Waals surface area (Å²) in [4.78, 5) is 16.0. The quantitative estimate of drug-likeness (QED) is 0.358. The molecule has 0 unspecified atom stereocenters. The van der Waals surface area contributed by atoms with E-state index in [9.17, 15) is 0 Å². The zero-order chi connectivity index (χ0) is 20.4. The number of anilines is 2. The van der Waals surface area contributed by atoms with Gasteiger partial charge in [0.2, 0.25) is 5.96 Å². The molecule has 0 atom stereocenters. The Morgan fingerprint density at radius 2 is 1.76 bits per heavy atom. The fourth-order valence-corrected chi connectivity index (χ4v) is 3.81. The second kappa shape index (κ2) is 7.64. The Labute approximate surface area is 174 Å². The van der Waals surface area contributed by atoms with E-state index in [1.54, 1.807) is 6.20 Å². The minimum atomic E-state index is -0.315. The highest BCUT2D eigenvalue weighted by Crippen LogP contribution is 2.36. The van der Waals surface area contributed by atoms with Crippen molar-refractivity contribution in [1.29, 1.82) is 0 Å². The molecule has 0 bridgehead atoms. The molecular formula is C23H23N5S. The molecule has 2 heterocycles. The molecule has 5 nitrogen and oxygen atoms in total. The van der Waals surface area contributed by atoms with Crippen molar-refractivity contribution in [2.75, 3.05) is 4.90 Å². The topological polar surface area (TPSA) is 67.4 Å². The summed E-state index contributed by atoms with van der Waals surface area (Å²) >= 11 is 1.52. The second-order valence-corrected chi connectivity index (χ2v) is 8.57. The second-order valence-electron chi connectivity index (χ2n) is 7.70. The van der Waals surface area contributed by atoms with Crippen LogP contribution in [0.5, 0.6) is 0 Å². The van der Waals surface area contributed by atoms with E-state index in [1.807, 2.05) is 67.4 Å². The van der Waals surface area contributed by atoms with Gasteiger partial charge in [-0.15, -0.1) is 11.3 Å². The largest absolute Gasteiger partial charge is 0.369 e. The van der Waals surface area contributed by atoms with E-state index in [0.29, 0.717) is 5.96 Å². The molecule has 146 valence electrons. The van der Waals surface area contributed by atoms with Gasteiger partial charge in [0.25, 0.3) is 0 Å². The van der Waals surface area contributed by atoms with Gasteiger partial charge in [-0.3, -0.25) is 4.90 Å². The smallest absolute Gasteiger partial charge is 0.202 e. The standard InChI is InChI=1S/C23H23N5S/c1-23(2,3)27-21(24)28(22-25-13-14-29-22)20-15-19(16-9-5-4-6-10-16)26-18-12-8-7-11-17(18)20/h4-15H,1-3H3,(H2,24,27). The average molecular weight is 402 g/mol. The van der Waals surface area contributed by atoms with Crippen molar-refractivity contribution >= 4 is 39.0 Å². The summed E-state index contributed by atoms with van der Waals surface area (Å²) in [6.45, 7) is 6.08. The molecule has 0 aliphatic rings. The summed E-state index contributed by atoms with van der Waals surface area (Å²) < 4.78 is 0. The lowest BCUT2D eigenvalue weighted by molar-refractivity contribution is 0.582. The Kier molecular flexibility index (Phi) is 5.03. The van der Waals surface area contributed by atoms with Crippen LogP contribution in [0.4, 0.5) is 10.8 Å². The normalized spacial score (nSPS) is 12.3. The molecular weight excluding hydrogens is 378 g/mol. The third-order valence-corrected chi connectivity index (χ3v) is 5.05. The highest BCUT2D eigenvalue weighted by atomic mass is 32.1. The lowest BCUT2D eigenvalue weighted by atomic mass is 10.1. The molecule has 2 aromatic carbocycles. The van der Waals surface area contributed by atoms with Gasteiger partial charge in [-0.1, -0.05) is 48.5 Å². The van der Waals surface area contributed by atoms with Crippen LogP contribution in [0.3, 0.4) is 0 Å². The first-order valence-corrected chi connectivity index (χ1v) is 10.3. The van der Waals surface area contributed by atoms with Gasteiger partial charge in [0.05, 0.1) is 22.4 Å². The number of aliphatic imine (C=N–C) groups is 1. The van der Waals surface area contributed by atoms with Gasteiger partial charge in [-0.05, 0) is 32.9 Å². The molecule has 29 heavy (non-hydrogen) atoms. The highest BCUT2D eigenvalue weighted by molar-refractivity contribution is 7.13. The molecule has 0 amide bonds. The van der Waals surface area contributed by atoms with E-state index in [-0.39, 0.29) is 5.54 Å². The van der Waals surface area contributed by atoms with Crippen LogP contribution in [0.2, 0.25) is 0 Å². The molecule has 0 aliphatic heterocycles. The highest BCUT2D eigenvalue weighted by Gasteiger charge is 2.22. The fraction of sp³-hybridized carbons (Fsp3) is 0.174. The van der Waals surface area contributed by atoms with Crippen molar-refractivity contribution in [2.45, 2.75) is 26.3 Å². The Morgan fingerprint density at radius 3 is 2.45 bits per heavy atom. The molecule has 0 spiro atoms. The number of aromatic nitrogens is 2. The summed E-state index contributed by atoms with van der Waals surface area (Å²) in [6, 6.07) is 20.3. The maximum absolute atomic E-state index is 6.53. The zero-order valence-electron chi connectivity index (χ0n) is 16.7. The average Bonchev–Trinajstić information content (AvgIpc) is 3.21. The van der Waals surface area contributed by atoms with E-state index in [2.05, 4.69) is 29.2 Å². The van der Waals surface area contributed by atoms with Gasteiger partial charge in [0, 0.05) is 22.5 Å². The number of nitrogens with zero attached hydrogens (tertiary/aromatic N) is 4. The van der Waals surface area contributed by atoms with E-state index in [0.717, 1.165) is 33.0 Å². The molecule has 0 aliphatic carbocycles. The van der Waals surface area contributed by atoms with E-state index in [1.165, 1.54) is 11.3 Å². The number of fused-ring (bicyclic) bond motifs is 1. The molecule has 2 N–H and O–H groups in total. The van der Waals surface area contributed by atoms with Crippen molar-refractivity contribution in [2.24, 2.45) is 10.7 Å². The summed E-state index contributed by atoms with van der Waals surface area (Å²) in [5.74, 6) is 0.405. The summed E-state index contributed by atoms with van der Waals surface area (Å²) in [5.41, 5.74) is 9.95. The van der Waals surface area contributed by atoms with Crippen LogP contribution < -0.4 is 10.6 Å². The van der Waals surface area contributed by atoms with Gasteiger partial charge in [0.1, 0.15) is 0 Å². The molecule has 4 rings (SSSR count). The van der Waals surface area contributed by atoms with Crippen molar-refractivity contribution in [3.8, 4) is 11.3 Å². The number of para-hydroxylation sites is 1. The van der Waals surface area contributed by atoms with E-state index >= 15 is 0 Å².